The Labute approximate surface area is 96.3 Å². The standard InChI is InChI=1S/C9H10N6O2/c16-15(17)9-2-1-7(5-11-9)10-4-3-8-12-6-13-14-8/h1-2,5-6,10H,3-4H2,(H,12,13,14). The Balaban J connectivity index is 1.85. The number of aromatic nitrogens is 4. The van der Waals surface area contributed by atoms with E-state index in [1.807, 2.05) is 0 Å². The lowest BCUT2D eigenvalue weighted by Crippen LogP contribution is -2.06. The lowest BCUT2D eigenvalue weighted by molar-refractivity contribution is -0.389. The number of H-pyrrole nitrogens is 1. The SMILES string of the molecule is O=[N+]([O-])c1ccc(NCCc2ncn[nH]2)cn1. The fraction of sp³-hybridized carbons (Fsp3) is 0.222. The van der Waals surface area contributed by atoms with Gasteiger partial charge in [-0.15, -0.1) is 0 Å². The summed E-state index contributed by atoms with van der Waals surface area (Å²) in [6, 6.07) is 2.97. The Morgan fingerprint density at radius 1 is 1.41 bits per heavy atom. The second-order valence-electron chi connectivity index (χ2n) is 3.27. The molecule has 8 heteroatoms. The van der Waals surface area contributed by atoms with Crippen molar-refractivity contribution in [2.75, 3.05) is 11.9 Å². The number of nitrogens with zero attached hydrogens (tertiary/aromatic N) is 4. The molecule has 0 amide bonds. The number of nitro groups is 1. The molecule has 0 aliphatic heterocycles. The Hall–Kier alpha value is -2.51. The van der Waals surface area contributed by atoms with Gasteiger partial charge in [-0.1, -0.05) is 0 Å². The van der Waals surface area contributed by atoms with Crippen LogP contribution in [-0.2, 0) is 6.42 Å². The predicted molar refractivity (Wildman–Crippen MR) is 59.5 cm³/mol. The summed E-state index contributed by atoms with van der Waals surface area (Å²) in [5, 5.41) is 19.9. The average Bonchev–Trinajstić information content (AvgIpc) is 2.83. The van der Waals surface area contributed by atoms with Crippen molar-refractivity contribution in [1.82, 2.24) is 20.2 Å². The molecule has 0 bridgehead atoms. The van der Waals surface area contributed by atoms with Gasteiger partial charge in [-0.25, -0.2) is 4.98 Å². The van der Waals surface area contributed by atoms with E-state index in [-0.39, 0.29) is 5.82 Å². The van der Waals surface area contributed by atoms with E-state index in [4.69, 9.17) is 0 Å². The highest BCUT2D eigenvalue weighted by Gasteiger charge is 2.05. The number of aromatic amines is 1. The van der Waals surface area contributed by atoms with Crippen molar-refractivity contribution >= 4 is 11.5 Å². The zero-order valence-electron chi connectivity index (χ0n) is 8.83. The molecular weight excluding hydrogens is 224 g/mol. The Kier molecular flexibility index (Phi) is 3.24. The van der Waals surface area contributed by atoms with Crippen LogP contribution in [0, 0.1) is 10.1 Å². The fourth-order valence-electron chi connectivity index (χ4n) is 1.28. The van der Waals surface area contributed by atoms with Crippen LogP contribution in [0.2, 0.25) is 0 Å². The molecule has 8 nitrogen and oxygen atoms in total. The molecular formula is C9H10N6O2. The van der Waals surface area contributed by atoms with Gasteiger partial charge >= 0.3 is 5.82 Å². The smallest absolute Gasteiger partial charge is 0.363 e. The summed E-state index contributed by atoms with van der Waals surface area (Å²) in [5.74, 6) is 0.623. The third kappa shape index (κ3) is 2.97. The maximum absolute atomic E-state index is 10.4. The molecule has 0 atom stereocenters. The van der Waals surface area contributed by atoms with Crippen LogP contribution in [0.25, 0.3) is 0 Å². The zero-order chi connectivity index (χ0) is 12.1. The highest BCUT2D eigenvalue weighted by atomic mass is 16.6. The molecule has 2 heterocycles. The van der Waals surface area contributed by atoms with E-state index in [2.05, 4.69) is 25.5 Å². The van der Waals surface area contributed by atoms with Gasteiger partial charge in [0.1, 0.15) is 12.2 Å². The molecule has 17 heavy (non-hydrogen) atoms. The molecule has 0 saturated carbocycles. The molecule has 2 aromatic heterocycles. The van der Waals surface area contributed by atoms with Crippen molar-refractivity contribution in [3.8, 4) is 0 Å². The number of rotatable bonds is 5. The summed E-state index contributed by atoms with van der Waals surface area (Å²) in [6.07, 6.45) is 3.57. The van der Waals surface area contributed by atoms with Crippen molar-refractivity contribution < 1.29 is 4.92 Å². The maximum atomic E-state index is 10.4. The monoisotopic (exact) mass is 234 g/mol. The second-order valence-corrected chi connectivity index (χ2v) is 3.27. The van der Waals surface area contributed by atoms with Crippen LogP contribution in [-0.4, -0.2) is 31.6 Å². The fourth-order valence-corrected chi connectivity index (χ4v) is 1.28. The molecule has 0 radical (unpaired) electrons. The minimum Gasteiger partial charge on any atom is -0.382 e. The van der Waals surface area contributed by atoms with Crippen LogP contribution in [0.5, 0.6) is 0 Å². The van der Waals surface area contributed by atoms with Gasteiger partial charge in [-0.05, 0) is 16.0 Å². The van der Waals surface area contributed by atoms with Crippen molar-refractivity contribution in [3.05, 3.63) is 40.6 Å². The summed E-state index contributed by atoms with van der Waals surface area (Å²) in [6.45, 7) is 0.648. The van der Waals surface area contributed by atoms with E-state index in [0.29, 0.717) is 13.0 Å². The molecule has 0 saturated heterocycles. The summed E-state index contributed by atoms with van der Waals surface area (Å²) >= 11 is 0. The Morgan fingerprint density at radius 3 is 2.88 bits per heavy atom. The lowest BCUT2D eigenvalue weighted by Gasteiger charge is -2.02. The predicted octanol–water partition coefficient (Wildman–Crippen LogP) is 0.762. The molecule has 2 aromatic rings. The highest BCUT2D eigenvalue weighted by molar-refractivity contribution is 5.43. The van der Waals surface area contributed by atoms with Gasteiger partial charge in [0.2, 0.25) is 0 Å². The van der Waals surface area contributed by atoms with Crippen molar-refractivity contribution in [2.24, 2.45) is 0 Å². The molecule has 2 N–H and O–H groups in total. The van der Waals surface area contributed by atoms with Gasteiger partial charge in [0.05, 0.1) is 5.69 Å². The van der Waals surface area contributed by atoms with Gasteiger partial charge in [0.25, 0.3) is 0 Å². The molecule has 0 aliphatic rings. The second kappa shape index (κ2) is 5.01. The Bertz CT molecular complexity index is 481. The van der Waals surface area contributed by atoms with E-state index in [9.17, 15) is 10.1 Å². The van der Waals surface area contributed by atoms with Gasteiger partial charge in [0.15, 0.2) is 6.20 Å². The summed E-state index contributed by atoms with van der Waals surface area (Å²) in [4.78, 5) is 17.5. The maximum Gasteiger partial charge on any atom is 0.363 e. The first kappa shape index (κ1) is 11.0. The number of nitrogens with one attached hydrogen (secondary N) is 2. The first-order valence-electron chi connectivity index (χ1n) is 4.94. The molecule has 0 unspecified atom stereocenters. The van der Waals surface area contributed by atoms with Gasteiger partial charge in [0, 0.05) is 19.0 Å². The Morgan fingerprint density at radius 2 is 2.29 bits per heavy atom. The summed E-state index contributed by atoms with van der Waals surface area (Å²) in [7, 11) is 0. The number of hydrogen-bond acceptors (Lipinski definition) is 6. The number of pyridine rings is 1. The molecule has 2 rings (SSSR count). The molecule has 88 valence electrons. The number of anilines is 1. The third-order valence-corrected chi connectivity index (χ3v) is 2.09. The van der Waals surface area contributed by atoms with E-state index in [1.165, 1.54) is 18.6 Å². The van der Waals surface area contributed by atoms with Gasteiger partial charge in [-0.2, -0.15) is 5.10 Å². The molecule has 0 spiro atoms. The molecule has 0 aliphatic carbocycles. The van der Waals surface area contributed by atoms with Crippen molar-refractivity contribution in [3.63, 3.8) is 0 Å². The minimum atomic E-state index is -0.529. The van der Waals surface area contributed by atoms with Crippen molar-refractivity contribution in [2.45, 2.75) is 6.42 Å². The van der Waals surface area contributed by atoms with E-state index < -0.39 is 4.92 Å². The van der Waals surface area contributed by atoms with Crippen LogP contribution in [0.15, 0.2) is 24.7 Å². The first-order valence-corrected chi connectivity index (χ1v) is 4.94. The van der Waals surface area contributed by atoms with Crippen LogP contribution in [0.4, 0.5) is 11.5 Å². The molecule has 0 fully saturated rings. The molecule has 0 aromatic carbocycles. The van der Waals surface area contributed by atoms with E-state index in [1.54, 1.807) is 6.07 Å². The average molecular weight is 234 g/mol. The van der Waals surface area contributed by atoms with Crippen LogP contribution < -0.4 is 5.32 Å². The normalized spacial score (nSPS) is 10.1. The van der Waals surface area contributed by atoms with Crippen LogP contribution in [0.3, 0.4) is 0 Å². The minimum absolute atomic E-state index is 0.161. The van der Waals surface area contributed by atoms with E-state index >= 15 is 0 Å². The lowest BCUT2D eigenvalue weighted by atomic mass is 10.3. The van der Waals surface area contributed by atoms with Crippen LogP contribution >= 0.6 is 0 Å². The van der Waals surface area contributed by atoms with Gasteiger partial charge < -0.3 is 15.4 Å². The summed E-state index contributed by atoms with van der Waals surface area (Å²) in [5.41, 5.74) is 0.732. The van der Waals surface area contributed by atoms with Gasteiger partial charge in [-0.3, -0.25) is 5.10 Å². The topological polar surface area (TPSA) is 110 Å². The quantitative estimate of drug-likeness (QED) is 0.583. The van der Waals surface area contributed by atoms with Crippen LogP contribution in [0.1, 0.15) is 5.82 Å². The van der Waals surface area contributed by atoms with Crippen molar-refractivity contribution in [1.29, 1.82) is 0 Å². The summed E-state index contributed by atoms with van der Waals surface area (Å²) < 4.78 is 0. The first-order chi connectivity index (χ1) is 8.25. The zero-order valence-corrected chi connectivity index (χ0v) is 8.83. The van der Waals surface area contributed by atoms with E-state index in [0.717, 1.165) is 11.5 Å². The number of hydrogen-bond donors (Lipinski definition) is 2. The largest absolute Gasteiger partial charge is 0.382 e. The highest BCUT2D eigenvalue weighted by Crippen LogP contribution is 2.11. The third-order valence-electron chi connectivity index (χ3n) is 2.09.